The minimum absolute atomic E-state index is 0.120. The first-order valence-corrected chi connectivity index (χ1v) is 14.8. The van der Waals surface area contributed by atoms with Crippen LogP contribution in [0.5, 0.6) is 0 Å². The van der Waals surface area contributed by atoms with Gasteiger partial charge in [-0.3, -0.25) is 9.36 Å². The lowest BCUT2D eigenvalue weighted by Gasteiger charge is -2.10. The van der Waals surface area contributed by atoms with E-state index in [4.69, 9.17) is 11.6 Å². The van der Waals surface area contributed by atoms with E-state index in [0.29, 0.717) is 12.5 Å². The molecule has 1 aromatic carbocycles. The zero-order valence-electron chi connectivity index (χ0n) is 18.4. The van der Waals surface area contributed by atoms with E-state index in [2.05, 4.69) is 52.0 Å². The summed E-state index contributed by atoms with van der Waals surface area (Å²) >= 11 is 13.1. The molecule has 0 N–H and O–H groups in total. The number of thiophene rings is 1. The van der Waals surface area contributed by atoms with Crippen LogP contribution in [-0.4, -0.2) is 4.57 Å². The number of aryl methyl sites for hydroxylation is 1. The van der Waals surface area contributed by atoms with Gasteiger partial charge in [0.1, 0.15) is 9.20 Å². The minimum Gasteiger partial charge on any atom is -0.299 e. The molecule has 1 aliphatic heterocycles. The number of aromatic nitrogens is 2. The Hall–Kier alpha value is -1.64. The molecule has 0 aliphatic carbocycles. The molecular weight excluding hydrogens is 508 g/mol. The average Bonchev–Trinajstić information content (AvgIpc) is 3.51. The summed E-state index contributed by atoms with van der Waals surface area (Å²) in [5, 5.41) is 8.30. The molecule has 1 atom stereocenters. The number of hydrogen-bond donors (Lipinski definition) is 0. The van der Waals surface area contributed by atoms with E-state index >= 15 is 0 Å². The summed E-state index contributed by atoms with van der Waals surface area (Å²) < 4.78 is 6.05. The maximum Gasteiger partial charge on any atom is 0.269 e. The van der Waals surface area contributed by atoms with Crippen molar-refractivity contribution in [3.63, 3.8) is 0 Å². The lowest BCUT2D eigenvalue weighted by atomic mass is 10.0. The highest BCUT2D eigenvalue weighted by Crippen LogP contribution is 2.41. The van der Waals surface area contributed by atoms with Crippen LogP contribution < -0.4 is 19.3 Å². The van der Waals surface area contributed by atoms with Crippen LogP contribution in [0.2, 0.25) is 5.02 Å². The number of thiazole rings is 2. The van der Waals surface area contributed by atoms with Crippen LogP contribution in [0.15, 0.2) is 56.3 Å². The zero-order valence-corrected chi connectivity index (χ0v) is 22.4. The van der Waals surface area contributed by atoms with Gasteiger partial charge in [0.05, 0.1) is 11.5 Å². The Morgan fingerprint density at radius 2 is 2.15 bits per heavy atom. The Kier molecular flexibility index (Phi) is 6.95. The lowest BCUT2D eigenvalue weighted by Crippen LogP contribution is -2.36. The SMILES string of the molecule is CCn1c(=O)/c(=C2\Sc3cc(Cl)ccc3CCC2C)s/c1=C\c1scc[n+]1Cc1ccsc1. The van der Waals surface area contributed by atoms with E-state index in [1.807, 2.05) is 23.6 Å². The third-order valence-corrected chi connectivity index (χ3v) is 10.4. The van der Waals surface area contributed by atoms with E-state index in [9.17, 15) is 4.79 Å². The van der Waals surface area contributed by atoms with Crippen molar-refractivity contribution < 1.29 is 4.57 Å². The van der Waals surface area contributed by atoms with Gasteiger partial charge in [-0.15, -0.1) is 11.3 Å². The summed E-state index contributed by atoms with van der Waals surface area (Å²) in [6, 6.07) is 8.29. The molecular formula is C25H24ClN2OS4+. The zero-order chi connectivity index (χ0) is 22.9. The number of halogens is 1. The maximum atomic E-state index is 13.5. The number of rotatable bonds is 4. The van der Waals surface area contributed by atoms with Crippen molar-refractivity contribution in [1.29, 1.82) is 0 Å². The summed E-state index contributed by atoms with van der Waals surface area (Å²) in [6.07, 6.45) is 6.34. The molecule has 3 nitrogen and oxygen atoms in total. The monoisotopic (exact) mass is 531 g/mol. The van der Waals surface area contributed by atoms with Gasteiger partial charge in [-0.1, -0.05) is 47.7 Å². The van der Waals surface area contributed by atoms with Gasteiger partial charge in [-0.25, -0.2) is 0 Å². The lowest BCUT2D eigenvalue weighted by molar-refractivity contribution is -0.685. The van der Waals surface area contributed by atoms with Crippen molar-refractivity contribution >= 4 is 68.4 Å². The average molecular weight is 532 g/mol. The van der Waals surface area contributed by atoms with Gasteiger partial charge >= 0.3 is 0 Å². The molecule has 1 unspecified atom stereocenters. The van der Waals surface area contributed by atoms with Crippen LogP contribution in [0.1, 0.15) is 36.4 Å². The molecule has 4 heterocycles. The molecule has 4 aromatic rings. The highest BCUT2D eigenvalue weighted by Gasteiger charge is 2.22. The van der Waals surface area contributed by atoms with Crippen molar-refractivity contribution in [2.75, 3.05) is 0 Å². The first kappa shape index (κ1) is 23.1. The summed E-state index contributed by atoms with van der Waals surface area (Å²) in [4.78, 5) is 15.9. The topological polar surface area (TPSA) is 25.9 Å². The first-order chi connectivity index (χ1) is 16.0. The Morgan fingerprint density at radius 3 is 2.94 bits per heavy atom. The molecule has 1 aliphatic rings. The Balaban J connectivity index is 1.63. The van der Waals surface area contributed by atoms with E-state index in [-0.39, 0.29) is 5.56 Å². The molecule has 5 rings (SSSR count). The summed E-state index contributed by atoms with van der Waals surface area (Å²) in [6.45, 7) is 5.79. The van der Waals surface area contributed by atoms with Crippen LogP contribution in [0, 0.1) is 5.92 Å². The van der Waals surface area contributed by atoms with E-state index in [0.717, 1.165) is 38.6 Å². The highest BCUT2D eigenvalue weighted by atomic mass is 35.5. The fraction of sp³-hybridized carbons (Fsp3) is 0.280. The van der Waals surface area contributed by atoms with Crippen molar-refractivity contribution in [3.8, 4) is 0 Å². The van der Waals surface area contributed by atoms with Gasteiger partial charge in [-0.05, 0) is 54.8 Å². The Morgan fingerprint density at radius 1 is 1.27 bits per heavy atom. The number of hydrogen-bond acceptors (Lipinski definition) is 5. The summed E-state index contributed by atoms with van der Waals surface area (Å²) in [5.41, 5.74) is 2.74. The molecule has 3 aromatic heterocycles. The van der Waals surface area contributed by atoms with E-state index in [1.165, 1.54) is 20.9 Å². The van der Waals surface area contributed by atoms with Crippen molar-refractivity contribution in [2.24, 2.45) is 5.92 Å². The molecule has 0 radical (unpaired) electrons. The predicted octanol–water partition coefficient (Wildman–Crippen LogP) is 5.35. The van der Waals surface area contributed by atoms with E-state index < -0.39 is 0 Å². The standard InChI is InChI=1S/C25H24ClN2OS4/c1-3-28-22(13-21-27(9-11-31-21)14-17-8-10-30-15-17)33-24(25(28)29)23-16(2)4-5-18-6-7-19(26)12-20(18)32-23/h6-13,15-16H,3-5,14H2,1-2H3/q+1/b24-23+. The first-order valence-electron chi connectivity index (χ1n) is 10.9. The highest BCUT2D eigenvalue weighted by molar-refractivity contribution is 8.08. The fourth-order valence-electron chi connectivity index (χ4n) is 4.06. The normalized spacial score (nSPS) is 18.4. The molecule has 0 spiro atoms. The molecule has 0 saturated carbocycles. The summed E-state index contributed by atoms with van der Waals surface area (Å²) in [5.74, 6) is 0.330. The molecule has 33 heavy (non-hydrogen) atoms. The molecule has 0 bridgehead atoms. The quantitative estimate of drug-likeness (QED) is 0.332. The Bertz CT molecular complexity index is 1460. The second kappa shape index (κ2) is 9.92. The molecule has 8 heteroatoms. The van der Waals surface area contributed by atoms with Crippen LogP contribution in [0.3, 0.4) is 0 Å². The molecule has 0 fully saturated rings. The van der Waals surface area contributed by atoms with Gasteiger partial charge in [-0.2, -0.15) is 15.9 Å². The van der Waals surface area contributed by atoms with Gasteiger partial charge in [0.25, 0.3) is 10.6 Å². The Labute approximate surface area is 214 Å². The second-order valence-corrected chi connectivity index (χ2v) is 12.4. The van der Waals surface area contributed by atoms with Gasteiger partial charge in [0, 0.05) is 32.3 Å². The van der Waals surface area contributed by atoms with Crippen LogP contribution >= 0.6 is 57.4 Å². The summed E-state index contributed by atoms with van der Waals surface area (Å²) in [7, 11) is 0. The second-order valence-electron chi connectivity index (χ2n) is 8.12. The van der Waals surface area contributed by atoms with Gasteiger partial charge in [0.15, 0.2) is 12.7 Å². The maximum absolute atomic E-state index is 13.5. The van der Waals surface area contributed by atoms with Gasteiger partial charge < -0.3 is 0 Å². The number of benzene rings is 1. The molecule has 170 valence electrons. The van der Waals surface area contributed by atoms with Crippen molar-refractivity contribution in [3.05, 3.63) is 87.3 Å². The fourth-order valence-corrected chi connectivity index (χ4v) is 8.49. The third-order valence-electron chi connectivity index (χ3n) is 5.89. The predicted molar refractivity (Wildman–Crippen MR) is 143 cm³/mol. The van der Waals surface area contributed by atoms with Crippen LogP contribution in [0.25, 0.3) is 11.0 Å². The molecule has 0 saturated heterocycles. The number of thioether (sulfide) groups is 1. The van der Waals surface area contributed by atoms with Gasteiger partial charge in [0.2, 0.25) is 0 Å². The molecule has 0 amide bonds. The number of nitrogens with zero attached hydrogens (tertiary/aromatic N) is 2. The smallest absolute Gasteiger partial charge is 0.269 e. The minimum atomic E-state index is 0.120. The van der Waals surface area contributed by atoms with Crippen LogP contribution in [-0.2, 0) is 19.5 Å². The van der Waals surface area contributed by atoms with Crippen molar-refractivity contribution in [2.45, 2.75) is 44.7 Å². The van der Waals surface area contributed by atoms with Crippen LogP contribution in [0.4, 0.5) is 0 Å². The number of fused-ring (bicyclic) bond motifs is 1. The largest absolute Gasteiger partial charge is 0.299 e. The third kappa shape index (κ3) is 4.80. The van der Waals surface area contributed by atoms with Crippen molar-refractivity contribution in [1.82, 2.24) is 4.57 Å². The van der Waals surface area contributed by atoms with E-state index in [1.54, 1.807) is 45.8 Å².